The average Bonchev–Trinajstić information content (AvgIpc) is 2.72. The van der Waals surface area contributed by atoms with Crippen LogP contribution >= 0.6 is 0 Å². The van der Waals surface area contributed by atoms with Crippen LogP contribution < -0.4 is 10.1 Å². The molecule has 1 aromatic heterocycles. The van der Waals surface area contributed by atoms with E-state index in [1.54, 1.807) is 19.2 Å². The Hall–Kier alpha value is -2.17. The van der Waals surface area contributed by atoms with E-state index in [0.29, 0.717) is 22.6 Å². The zero-order chi connectivity index (χ0) is 12.6. The number of fused-ring (bicyclic) bond motifs is 1. The highest BCUT2D eigenvalue weighted by atomic mass is 16.5. The number of aromatic nitrogens is 1. The van der Waals surface area contributed by atoms with Gasteiger partial charge in [-0.3, -0.25) is 4.79 Å². The van der Waals surface area contributed by atoms with Crippen molar-refractivity contribution >= 4 is 22.4 Å². The van der Waals surface area contributed by atoms with Gasteiger partial charge in [0.1, 0.15) is 0 Å². The summed E-state index contributed by atoms with van der Waals surface area (Å²) in [5.41, 5.74) is 1.67. The Morgan fingerprint density at radius 2 is 2.18 bits per heavy atom. The van der Waals surface area contributed by atoms with Gasteiger partial charge in [-0.2, -0.15) is 0 Å². The lowest BCUT2D eigenvalue weighted by atomic mass is 10.2. The van der Waals surface area contributed by atoms with Crippen molar-refractivity contribution in [1.29, 1.82) is 0 Å². The predicted octanol–water partition coefficient (Wildman–Crippen LogP) is 2.13. The summed E-state index contributed by atoms with van der Waals surface area (Å²) in [6.07, 6.45) is 0. The van der Waals surface area contributed by atoms with Crippen LogP contribution in [0.1, 0.15) is 17.4 Å². The lowest BCUT2D eigenvalue weighted by Gasteiger charge is -2.09. The van der Waals surface area contributed by atoms with E-state index in [1.807, 2.05) is 0 Å². The van der Waals surface area contributed by atoms with Crippen molar-refractivity contribution < 1.29 is 14.6 Å². The van der Waals surface area contributed by atoms with Crippen LogP contribution in [0.15, 0.2) is 12.1 Å². The molecule has 0 saturated carbocycles. The van der Waals surface area contributed by atoms with Gasteiger partial charge in [0.25, 0.3) is 0 Å². The van der Waals surface area contributed by atoms with E-state index < -0.39 is 0 Å². The van der Waals surface area contributed by atoms with Crippen LogP contribution in [-0.2, 0) is 0 Å². The van der Waals surface area contributed by atoms with Crippen LogP contribution in [0.25, 0.3) is 10.9 Å². The number of methoxy groups -OCH3 is 1. The number of ether oxygens (including phenoxy) is 1. The fourth-order valence-electron chi connectivity index (χ4n) is 1.82. The van der Waals surface area contributed by atoms with E-state index in [4.69, 9.17) is 4.74 Å². The Morgan fingerprint density at radius 1 is 1.47 bits per heavy atom. The molecule has 0 spiro atoms. The van der Waals surface area contributed by atoms with Crippen molar-refractivity contribution in [3.8, 4) is 11.5 Å². The third-order valence-electron chi connectivity index (χ3n) is 2.70. The third kappa shape index (κ3) is 1.69. The molecule has 0 saturated heterocycles. The number of rotatable bonds is 3. The van der Waals surface area contributed by atoms with Crippen LogP contribution in [0.4, 0.5) is 5.69 Å². The molecular weight excluding hydrogens is 220 g/mol. The van der Waals surface area contributed by atoms with Crippen LogP contribution in [0.2, 0.25) is 0 Å². The molecule has 0 atom stereocenters. The Morgan fingerprint density at radius 3 is 2.71 bits per heavy atom. The Balaban J connectivity index is 2.78. The zero-order valence-electron chi connectivity index (χ0n) is 9.92. The first kappa shape index (κ1) is 11.3. The van der Waals surface area contributed by atoms with Gasteiger partial charge >= 0.3 is 0 Å². The maximum atomic E-state index is 11.3. The minimum Gasteiger partial charge on any atom is -0.503 e. The number of phenolic OH excluding ortho intramolecular Hbond substituents is 1. The summed E-state index contributed by atoms with van der Waals surface area (Å²) in [5.74, 6) is 0.299. The molecule has 0 aliphatic heterocycles. The lowest BCUT2D eigenvalue weighted by molar-refractivity contribution is 0.101. The summed E-state index contributed by atoms with van der Waals surface area (Å²) in [6, 6.07) is 3.50. The molecule has 0 aliphatic carbocycles. The van der Waals surface area contributed by atoms with Gasteiger partial charge in [0, 0.05) is 19.4 Å². The largest absolute Gasteiger partial charge is 0.503 e. The molecule has 0 amide bonds. The molecular formula is C12H14N2O3. The Kier molecular flexibility index (Phi) is 2.67. The number of ketones is 1. The molecule has 2 aromatic rings. The minimum absolute atomic E-state index is 0.0273. The fourth-order valence-corrected chi connectivity index (χ4v) is 1.82. The number of carbonyl (C=O) groups is 1. The van der Waals surface area contributed by atoms with E-state index in [1.165, 1.54) is 14.0 Å². The van der Waals surface area contributed by atoms with Gasteiger partial charge in [-0.15, -0.1) is 0 Å². The maximum Gasteiger partial charge on any atom is 0.186 e. The number of aromatic hydroxyl groups is 1. The first-order valence-corrected chi connectivity index (χ1v) is 5.19. The maximum absolute atomic E-state index is 11.3. The lowest BCUT2D eigenvalue weighted by Crippen LogP contribution is -1.93. The molecule has 0 aliphatic rings. The molecule has 1 heterocycles. The summed E-state index contributed by atoms with van der Waals surface area (Å²) in [5, 5.41) is 13.6. The summed E-state index contributed by atoms with van der Waals surface area (Å²) >= 11 is 0. The van der Waals surface area contributed by atoms with Crippen molar-refractivity contribution in [3.63, 3.8) is 0 Å². The van der Waals surface area contributed by atoms with Crippen molar-refractivity contribution in [2.24, 2.45) is 0 Å². The Bertz CT molecular complexity index is 587. The standard InChI is InChI=1S/C12H14N2O3/c1-6(15)8-4-7-5-9(13-2)11(16)12(17-3)10(7)14-8/h4-5,13-14,16H,1-3H3. The third-order valence-corrected chi connectivity index (χ3v) is 2.70. The van der Waals surface area contributed by atoms with Crippen molar-refractivity contribution in [2.45, 2.75) is 6.92 Å². The number of anilines is 1. The highest BCUT2D eigenvalue weighted by Crippen LogP contribution is 2.40. The number of carbonyl (C=O) groups excluding carboxylic acids is 1. The van der Waals surface area contributed by atoms with Gasteiger partial charge in [-0.25, -0.2) is 0 Å². The summed E-state index contributed by atoms with van der Waals surface area (Å²) in [7, 11) is 3.18. The molecule has 1 aromatic carbocycles. The summed E-state index contributed by atoms with van der Waals surface area (Å²) < 4.78 is 5.16. The fraction of sp³-hybridized carbons (Fsp3) is 0.250. The number of aromatic amines is 1. The minimum atomic E-state index is -0.0613. The van der Waals surface area contributed by atoms with Gasteiger partial charge in [-0.1, -0.05) is 0 Å². The second-order valence-electron chi connectivity index (χ2n) is 3.76. The predicted molar refractivity (Wildman–Crippen MR) is 66.1 cm³/mol. The SMILES string of the molecule is CNc1cc2cc(C(C)=O)[nH]c2c(OC)c1O. The molecule has 2 rings (SSSR count). The van der Waals surface area contributed by atoms with E-state index in [0.717, 1.165) is 5.39 Å². The quantitative estimate of drug-likeness (QED) is 0.561. The highest BCUT2D eigenvalue weighted by molar-refractivity contribution is 6.01. The average molecular weight is 234 g/mol. The second-order valence-corrected chi connectivity index (χ2v) is 3.76. The smallest absolute Gasteiger partial charge is 0.186 e. The van der Waals surface area contributed by atoms with E-state index in [-0.39, 0.29) is 11.5 Å². The topological polar surface area (TPSA) is 74.4 Å². The molecule has 3 N–H and O–H groups in total. The van der Waals surface area contributed by atoms with E-state index in [9.17, 15) is 9.90 Å². The van der Waals surface area contributed by atoms with Crippen LogP contribution in [0, 0.1) is 0 Å². The van der Waals surface area contributed by atoms with Gasteiger partial charge in [0.15, 0.2) is 17.3 Å². The monoisotopic (exact) mass is 234 g/mol. The number of phenols is 1. The Labute approximate surface area is 98.4 Å². The molecule has 0 fully saturated rings. The van der Waals surface area contributed by atoms with Gasteiger partial charge in [-0.05, 0) is 12.1 Å². The van der Waals surface area contributed by atoms with Gasteiger partial charge in [0.05, 0.1) is 24.0 Å². The van der Waals surface area contributed by atoms with Crippen molar-refractivity contribution in [2.75, 3.05) is 19.5 Å². The first-order chi connectivity index (χ1) is 8.08. The molecule has 17 heavy (non-hydrogen) atoms. The molecule has 90 valence electrons. The van der Waals surface area contributed by atoms with Crippen molar-refractivity contribution in [3.05, 3.63) is 17.8 Å². The molecule has 0 radical (unpaired) electrons. The van der Waals surface area contributed by atoms with Crippen molar-refractivity contribution in [1.82, 2.24) is 4.98 Å². The summed E-state index contributed by atoms with van der Waals surface area (Å²) in [6.45, 7) is 1.48. The normalized spacial score (nSPS) is 10.5. The number of Topliss-reactive ketones (excluding diaryl/α,β-unsaturated/α-hetero) is 1. The second kappa shape index (κ2) is 4.01. The van der Waals surface area contributed by atoms with E-state index in [2.05, 4.69) is 10.3 Å². The molecule has 5 heteroatoms. The molecule has 5 nitrogen and oxygen atoms in total. The summed E-state index contributed by atoms with van der Waals surface area (Å²) in [4.78, 5) is 14.2. The van der Waals surface area contributed by atoms with Crippen LogP contribution in [-0.4, -0.2) is 30.0 Å². The molecule has 0 bridgehead atoms. The molecule has 0 unspecified atom stereocenters. The number of hydrogen-bond acceptors (Lipinski definition) is 4. The number of benzene rings is 1. The number of H-pyrrole nitrogens is 1. The van der Waals surface area contributed by atoms with Crippen LogP contribution in [0.5, 0.6) is 11.5 Å². The van der Waals surface area contributed by atoms with Crippen LogP contribution in [0.3, 0.4) is 0 Å². The zero-order valence-corrected chi connectivity index (χ0v) is 9.92. The highest BCUT2D eigenvalue weighted by Gasteiger charge is 2.16. The number of hydrogen-bond donors (Lipinski definition) is 3. The number of nitrogens with one attached hydrogen (secondary N) is 2. The van der Waals surface area contributed by atoms with Gasteiger partial charge in [0.2, 0.25) is 0 Å². The van der Waals surface area contributed by atoms with Gasteiger partial charge < -0.3 is 20.1 Å². The van der Waals surface area contributed by atoms with E-state index >= 15 is 0 Å². The first-order valence-electron chi connectivity index (χ1n) is 5.19.